The third-order valence-electron chi connectivity index (χ3n) is 3.59. The molecule has 1 aliphatic rings. The Hall–Kier alpha value is -1.76. The van der Waals surface area contributed by atoms with Gasteiger partial charge in [-0.2, -0.15) is 0 Å². The number of carbonyl (C=O) groups excluding carboxylic acids is 1. The van der Waals surface area contributed by atoms with Crippen molar-refractivity contribution in [3.8, 4) is 11.5 Å². The summed E-state index contributed by atoms with van der Waals surface area (Å²) in [6.07, 6.45) is 0.430. The predicted octanol–water partition coefficient (Wildman–Crippen LogP) is 1.34. The first kappa shape index (κ1) is 15.6. The van der Waals surface area contributed by atoms with Crippen molar-refractivity contribution in [1.82, 2.24) is 4.90 Å². The number of phenols is 2. The van der Waals surface area contributed by atoms with Crippen LogP contribution in [0.25, 0.3) is 0 Å². The van der Waals surface area contributed by atoms with E-state index in [9.17, 15) is 24.9 Å². The maximum atomic E-state index is 12.0. The number of amides is 1. The van der Waals surface area contributed by atoms with Gasteiger partial charge in [0.15, 0.2) is 11.5 Å². The van der Waals surface area contributed by atoms with E-state index in [0.29, 0.717) is 23.9 Å². The minimum atomic E-state index is -1.08. The number of aromatic hydroxyl groups is 2. The maximum absolute atomic E-state index is 12.0. The molecule has 3 N–H and O–H groups in total. The zero-order chi connectivity index (χ0) is 15.6. The van der Waals surface area contributed by atoms with Crippen LogP contribution in [-0.4, -0.2) is 50.0 Å². The Bertz CT molecular complexity index is 562. The first-order valence-electron chi connectivity index (χ1n) is 6.51. The summed E-state index contributed by atoms with van der Waals surface area (Å²) < 4.78 is 0. The van der Waals surface area contributed by atoms with E-state index < -0.39 is 12.0 Å². The van der Waals surface area contributed by atoms with Crippen molar-refractivity contribution >= 4 is 27.8 Å². The highest BCUT2D eigenvalue weighted by Crippen LogP contribution is 2.28. The van der Waals surface area contributed by atoms with E-state index in [1.54, 1.807) is 0 Å². The van der Waals surface area contributed by atoms with Crippen LogP contribution in [0.15, 0.2) is 18.2 Å². The zero-order valence-corrected chi connectivity index (χ0v) is 12.8. The lowest BCUT2D eigenvalue weighted by Crippen LogP contribution is -2.43. The number of benzene rings is 1. The number of aliphatic carboxylic acids is 1. The molecular formula is C14H16BrNO5. The number of carboxylic acids is 1. The van der Waals surface area contributed by atoms with Gasteiger partial charge in [0.2, 0.25) is 5.91 Å². The standard InChI is InChI=1S/C14H16BrNO5/c15-6-9-5-13(19)16(7-9)10(14(20)21)3-8-1-2-11(17)12(18)4-8/h1-2,4,9-10,17-18H,3,5-7H2,(H,20,21)/t9?,10-/m0/s1. The summed E-state index contributed by atoms with van der Waals surface area (Å²) in [6.45, 7) is 0.408. The van der Waals surface area contributed by atoms with Crippen LogP contribution in [0.4, 0.5) is 0 Å². The fourth-order valence-corrected chi connectivity index (χ4v) is 2.90. The lowest BCUT2D eigenvalue weighted by Gasteiger charge is -2.24. The molecule has 0 bridgehead atoms. The third kappa shape index (κ3) is 3.47. The highest BCUT2D eigenvalue weighted by atomic mass is 79.9. The van der Waals surface area contributed by atoms with Crippen LogP contribution >= 0.6 is 15.9 Å². The topological polar surface area (TPSA) is 98.1 Å². The predicted molar refractivity (Wildman–Crippen MR) is 78.5 cm³/mol. The summed E-state index contributed by atoms with van der Waals surface area (Å²) in [5.41, 5.74) is 0.549. The van der Waals surface area contributed by atoms with E-state index in [1.807, 2.05) is 0 Å². The van der Waals surface area contributed by atoms with Crippen LogP contribution in [0, 0.1) is 5.92 Å². The van der Waals surface area contributed by atoms with Gasteiger partial charge in [-0.1, -0.05) is 22.0 Å². The SMILES string of the molecule is O=C(O)[C@H](Cc1ccc(O)c(O)c1)N1CC(CBr)CC1=O. The molecule has 6 nitrogen and oxygen atoms in total. The van der Waals surface area contributed by atoms with Gasteiger partial charge in [0, 0.05) is 24.7 Å². The maximum Gasteiger partial charge on any atom is 0.326 e. The molecule has 0 spiro atoms. The van der Waals surface area contributed by atoms with Crippen LogP contribution in [-0.2, 0) is 16.0 Å². The zero-order valence-electron chi connectivity index (χ0n) is 11.2. The van der Waals surface area contributed by atoms with Gasteiger partial charge in [0.25, 0.3) is 0 Å². The summed E-state index contributed by atoms with van der Waals surface area (Å²) in [4.78, 5) is 24.8. The monoisotopic (exact) mass is 357 g/mol. The Morgan fingerprint density at radius 2 is 2.10 bits per heavy atom. The number of alkyl halides is 1. The van der Waals surface area contributed by atoms with Gasteiger partial charge >= 0.3 is 5.97 Å². The fraction of sp³-hybridized carbons (Fsp3) is 0.429. The number of hydrogen-bond acceptors (Lipinski definition) is 4. The van der Waals surface area contributed by atoms with Crippen molar-refractivity contribution in [2.45, 2.75) is 18.9 Å². The van der Waals surface area contributed by atoms with Gasteiger partial charge in [0.05, 0.1) is 0 Å². The highest BCUT2D eigenvalue weighted by molar-refractivity contribution is 9.09. The lowest BCUT2D eigenvalue weighted by atomic mass is 10.0. The molecule has 7 heteroatoms. The molecule has 1 heterocycles. The van der Waals surface area contributed by atoms with E-state index in [0.717, 1.165) is 0 Å². The van der Waals surface area contributed by atoms with Crippen LogP contribution in [0.2, 0.25) is 0 Å². The molecule has 2 rings (SSSR count). The fourth-order valence-electron chi connectivity index (χ4n) is 2.46. The molecule has 1 fully saturated rings. The van der Waals surface area contributed by atoms with Crippen LogP contribution in [0.1, 0.15) is 12.0 Å². The second-order valence-electron chi connectivity index (χ2n) is 5.15. The second-order valence-corrected chi connectivity index (χ2v) is 5.80. The minimum absolute atomic E-state index is 0.0872. The van der Waals surface area contributed by atoms with Gasteiger partial charge in [-0.15, -0.1) is 0 Å². The van der Waals surface area contributed by atoms with Gasteiger partial charge in [0.1, 0.15) is 6.04 Å². The Kier molecular flexibility index (Phi) is 4.72. The number of carboxylic acid groups (broad SMARTS) is 1. The Labute approximate surface area is 130 Å². The second kappa shape index (κ2) is 6.34. The van der Waals surface area contributed by atoms with Crippen LogP contribution in [0.3, 0.4) is 0 Å². The Morgan fingerprint density at radius 1 is 1.38 bits per heavy atom. The average molecular weight is 358 g/mol. The van der Waals surface area contributed by atoms with E-state index in [1.165, 1.54) is 23.1 Å². The Morgan fingerprint density at radius 3 is 2.62 bits per heavy atom. The van der Waals surface area contributed by atoms with Crippen molar-refractivity contribution < 1.29 is 24.9 Å². The highest BCUT2D eigenvalue weighted by Gasteiger charge is 2.37. The van der Waals surface area contributed by atoms with Crippen molar-refractivity contribution in [2.75, 3.05) is 11.9 Å². The summed E-state index contributed by atoms with van der Waals surface area (Å²) in [5, 5.41) is 28.8. The number of phenolic OH excluding ortho intramolecular Hbond substituents is 2. The summed E-state index contributed by atoms with van der Waals surface area (Å²) >= 11 is 3.31. The first-order valence-corrected chi connectivity index (χ1v) is 7.63. The van der Waals surface area contributed by atoms with Gasteiger partial charge < -0.3 is 20.2 Å². The van der Waals surface area contributed by atoms with Crippen molar-refractivity contribution in [2.24, 2.45) is 5.92 Å². The number of hydrogen-bond donors (Lipinski definition) is 3. The molecule has 0 aromatic heterocycles. The first-order chi connectivity index (χ1) is 9.92. The average Bonchev–Trinajstić information content (AvgIpc) is 2.80. The van der Waals surface area contributed by atoms with E-state index in [-0.39, 0.29) is 29.7 Å². The number of rotatable bonds is 5. The molecular weight excluding hydrogens is 342 g/mol. The van der Waals surface area contributed by atoms with Gasteiger partial charge in [-0.3, -0.25) is 4.79 Å². The normalized spacial score (nSPS) is 19.8. The molecule has 0 aliphatic carbocycles. The number of carbonyl (C=O) groups is 2. The third-order valence-corrected chi connectivity index (χ3v) is 4.50. The van der Waals surface area contributed by atoms with Gasteiger partial charge in [-0.25, -0.2) is 4.79 Å². The lowest BCUT2D eigenvalue weighted by molar-refractivity contribution is -0.148. The van der Waals surface area contributed by atoms with Crippen LogP contribution < -0.4 is 0 Å². The summed E-state index contributed by atoms with van der Waals surface area (Å²) in [5.74, 6) is -1.70. The van der Waals surface area contributed by atoms with Gasteiger partial charge in [-0.05, 0) is 23.6 Å². The molecule has 1 unspecified atom stereocenters. The largest absolute Gasteiger partial charge is 0.504 e. The molecule has 2 atom stereocenters. The van der Waals surface area contributed by atoms with Crippen LogP contribution in [0.5, 0.6) is 11.5 Å². The smallest absolute Gasteiger partial charge is 0.326 e. The number of nitrogens with zero attached hydrogens (tertiary/aromatic N) is 1. The molecule has 1 aliphatic heterocycles. The van der Waals surface area contributed by atoms with E-state index in [4.69, 9.17) is 0 Å². The molecule has 21 heavy (non-hydrogen) atoms. The number of halogens is 1. The molecule has 114 valence electrons. The summed E-state index contributed by atoms with van der Waals surface area (Å²) in [6, 6.07) is 3.18. The molecule has 0 radical (unpaired) electrons. The summed E-state index contributed by atoms with van der Waals surface area (Å²) in [7, 11) is 0. The van der Waals surface area contributed by atoms with Crippen molar-refractivity contribution in [3.63, 3.8) is 0 Å². The Balaban J connectivity index is 2.18. The molecule has 1 amide bonds. The molecule has 1 aromatic carbocycles. The van der Waals surface area contributed by atoms with Crippen molar-refractivity contribution in [3.05, 3.63) is 23.8 Å². The van der Waals surface area contributed by atoms with Crippen molar-refractivity contribution in [1.29, 1.82) is 0 Å². The minimum Gasteiger partial charge on any atom is -0.504 e. The van der Waals surface area contributed by atoms with E-state index in [2.05, 4.69) is 15.9 Å². The quantitative estimate of drug-likeness (QED) is 0.545. The molecule has 1 aromatic rings. The number of likely N-dealkylation sites (tertiary alicyclic amines) is 1. The molecule has 0 saturated carbocycles. The molecule has 1 saturated heterocycles. The van der Waals surface area contributed by atoms with E-state index >= 15 is 0 Å².